The zero-order valence-corrected chi connectivity index (χ0v) is 15.6. The highest BCUT2D eigenvalue weighted by atomic mass is 16.5. The SMILES string of the molecule is C=CC[NH+]1CC[NH+]([C@H](CCCC)c2nnnn2C[C@@H]2CCCO2)CC1. The van der Waals surface area contributed by atoms with Gasteiger partial charge in [-0.15, -0.1) is 5.10 Å². The van der Waals surface area contributed by atoms with Crippen LogP contribution < -0.4 is 9.80 Å². The van der Waals surface area contributed by atoms with Crippen LogP contribution in [0.5, 0.6) is 0 Å². The van der Waals surface area contributed by atoms with E-state index < -0.39 is 0 Å². The summed E-state index contributed by atoms with van der Waals surface area (Å²) in [6.07, 6.45) is 8.19. The lowest BCUT2D eigenvalue weighted by Gasteiger charge is -2.33. The number of tetrazole rings is 1. The second-order valence-corrected chi connectivity index (χ2v) is 7.45. The van der Waals surface area contributed by atoms with E-state index in [2.05, 4.69) is 29.0 Å². The van der Waals surface area contributed by atoms with E-state index in [1.807, 2.05) is 10.8 Å². The summed E-state index contributed by atoms with van der Waals surface area (Å²) in [6, 6.07) is 0.404. The predicted octanol–water partition coefficient (Wildman–Crippen LogP) is -0.947. The molecule has 3 rings (SSSR count). The first-order valence-corrected chi connectivity index (χ1v) is 9.98. The van der Waals surface area contributed by atoms with Crippen LogP contribution in [0.1, 0.15) is 50.9 Å². The molecule has 7 nitrogen and oxygen atoms in total. The van der Waals surface area contributed by atoms with Crippen molar-refractivity contribution in [2.75, 3.05) is 39.3 Å². The molecule has 0 saturated carbocycles. The van der Waals surface area contributed by atoms with Gasteiger partial charge in [0.15, 0.2) is 0 Å². The zero-order valence-electron chi connectivity index (χ0n) is 15.6. The minimum Gasteiger partial charge on any atom is -0.376 e. The molecule has 0 unspecified atom stereocenters. The average molecular weight is 351 g/mol. The van der Waals surface area contributed by atoms with Crippen molar-refractivity contribution in [1.29, 1.82) is 0 Å². The lowest BCUT2D eigenvalue weighted by Crippen LogP contribution is -3.28. The number of hydrogen-bond donors (Lipinski definition) is 2. The summed E-state index contributed by atoms with van der Waals surface area (Å²) in [4.78, 5) is 3.29. The van der Waals surface area contributed by atoms with E-state index >= 15 is 0 Å². The van der Waals surface area contributed by atoms with Gasteiger partial charge in [0.05, 0.1) is 19.2 Å². The zero-order chi connectivity index (χ0) is 17.5. The van der Waals surface area contributed by atoms with Crippen molar-refractivity contribution in [2.24, 2.45) is 0 Å². The fraction of sp³-hybridized carbons (Fsp3) is 0.833. The van der Waals surface area contributed by atoms with Crippen molar-refractivity contribution in [1.82, 2.24) is 20.2 Å². The maximum absolute atomic E-state index is 5.79. The molecule has 25 heavy (non-hydrogen) atoms. The summed E-state index contributed by atoms with van der Waals surface area (Å²) in [7, 11) is 0. The molecule has 2 fully saturated rings. The number of ether oxygens (including phenoxy) is 1. The van der Waals surface area contributed by atoms with Crippen molar-refractivity contribution >= 4 is 0 Å². The van der Waals surface area contributed by atoms with Crippen molar-refractivity contribution in [3.8, 4) is 0 Å². The quantitative estimate of drug-likeness (QED) is 0.564. The summed E-state index contributed by atoms with van der Waals surface area (Å²) in [5, 5.41) is 12.7. The van der Waals surface area contributed by atoms with Crippen LogP contribution in [0.2, 0.25) is 0 Å². The monoisotopic (exact) mass is 350 g/mol. The molecular formula is C18H34N6O+2. The van der Waals surface area contributed by atoms with Crippen molar-refractivity contribution in [3.63, 3.8) is 0 Å². The second-order valence-electron chi connectivity index (χ2n) is 7.45. The molecule has 1 aromatic heterocycles. The molecule has 2 N–H and O–H groups in total. The van der Waals surface area contributed by atoms with Gasteiger partial charge in [0.25, 0.3) is 0 Å². The van der Waals surface area contributed by atoms with Gasteiger partial charge in [-0.1, -0.05) is 19.9 Å². The Bertz CT molecular complexity index is 519. The average Bonchev–Trinajstić information content (AvgIpc) is 3.30. The van der Waals surface area contributed by atoms with E-state index in [4.69, 9.17) is 4.74 Å². The first-order chi connectivity index (χ1) is 12.3. The van der Waals surface area contributed by atoms with Gasteiger partial charge in [-0.25, -0.2) is 4.68 Å². The number of quaternary nitrogens is 2. The molecule has 0 bridgehead atoms. The van der Waals surface area contributed by atoms with Crippen LogP contribution in [0.4, 0.5) is 0 Å². The summed E-state index contributed by atoms with van der Waals surface area (Å²) < 4.78 is 7.81. The van der Waals surface area contributed by atoms with Gasteiger partial charge in [-0.2, -0.15) is 0 Å². The minimum absolute atomic E-state index is 0.276. The number of unbranched alkanes of at least 4 members (excludes halogenated alkanes) is 1. The van der Waals surface area contributed by atoms with Crippen LogP contribution in [-0.2, 0) is 11.3 Å². The topological polar surface area (TPSA) is 61.7 Å². The molecule has 3 heterocycles. The number of hydrogen-bond acceptors (Lipinski definition) is 4. The van der Waals surface area contributed by atoms with Gasteiger partial charge in [0.2, 0.25) is 5.82 Å². The van der Waals surface area contributed by atoms with E-state index in [1.54, 1.807) is 9.80 Å². The molecule has 2 saturated heterocycles. The van der Waals surface area contributed by atoms with E-state index in [1.165, 1.54) is 39.0 Å². The smallest absolute Gasteiger partial charge is 0.209 e. The van der Waals surface area contributed by atoms with Gasteiger partial charge < -0.3 is 14.5 Å². The van der Waals surface area contributed by atoms with Gasteiger partial charge in [0.1, 0.15) is 32.2 Å². The lowest BCUT2D eigenvalue weighted by molar-refractivity contribution is -1.03. The second kappa shape index (κ2) is 9.40. The van der Waals surface area contributed by atoms with Crippen LogP contribution in [0.15, 0.2) is 12.7 Å². The van der Waals surface area contributed by atoms with Gasteiger partial charge >= 0.3 is 0 Å². The number of piperazine rings is 1. The first kappa shape index (κ1) is 18.5. The fourth-order valence-corrected chi connectivity index (χ4v) is 4.18. The molecule has 2 atom stereocenters. The highest BCUT2D eigenvalue weighted by Gasteiger charge is 2.34. The largest absolute Gasteiger partial charge is 0.376 e. The third kappa shape index (κ3) is 4.86. The van der Waals surface area contributed by atoms with Crippen LogP contribution in [0.25, 0.3) is 0 Å². The van der Waals surface area contributed by atoms with Crippen LogP contribution in [-0.4, -0.2) is 65.6 Å². The Hall–Kier alpha value is -1.31. The van der Waals surface area contributed by atoms with E-state index in [0.717, 1.165) is 44.8 Å². The summed E-state index contributed by atoms with van der Waals surface area (Å²) in [6.45, 7) is 13.7. The third-order valence-electron chi connectivity index (χ3n) is 5.64. The van der Waals surface area contributed by atoms with Crippen molar-refractivity contribution < 1.29 is 14.5 Å². The Morgan fingerprint density at radius 2 is 2.20 bits per heavy atom. The van der Waals surface area contributed by atoms with Crippen LogP contribution in [0.3, 0.4) is 0 Å². The Kier molecular flexibility index (Phi) is 6.95. The molecule has 0 aliphatic carbocycles. The molecule has 140 valence electrons. The standard InChI is InChI=1S/C18H32N6O/c1-3-5-8-17(23-12-10-22(9-4-2)11-13-23)18-19-20-21-24(18)15-16-7-6-14-25-16/h4,16-17H,2-3,5-15H2,1H3/p+2/t16-,17+/m0/s1. The highest BCUT2D eigenvalue weighted by molar-refractivity contribution is 4.89. The summed E-state index contributed by atoms with van der Waals surface area (Å²) in [5.74, 6) is 1.06. The molecule has 0 radical (unpaired) electrons. The Balaban J connectivity index is 1.68. The fourth-order valence-electron chi connectivity index (χ4n) is 4.18. The lowest BCUT2D eigenvalue weighted by atomic mass is 10.1. The molecule has 0 aromatic carbocycles. The molecule has 2 aliphatic heterocycles. The molecule has 0 spiro atoms. The molecule has 7 heteroatoms. The van der Waals surface area contributed by atoms with Crippen LogP contribution >= 0.6 is 0 Å². The van der Waals surface area contributed by atoms with Gasteiger partial charge in [-0.3, -0.25) is 0 Å². The summed E-state index contributed by atoms with van der Waals surface area (Å²) in [5.41, 5.74) is 0. The first-order valence-electron chi connectivity index (χ1n) is 9.98. The van der Waals surface area contributed by atoms with E-state index in [9.17, 15) is 0 Å². The maximum atomic E-state index is 5.79. The van der Waals surface area contributed by atoms with Crippen molar-refractivity contribution in [2.45, 2.75) is 57.7 Å². The minimum atomic E-state index is 0.276. The Morgan fingerprint density at radius 1 is 1.36 bits per heavy atom. The highest BCUT2D eigenvalue weighted by Crippen LogP contribution is 2.18. The van der Waals surface area contributed by atoms with Gasteiger partial charge in [-0.05, 0) is 35.8 Å². The van der Waals surface area contributed by atoms with E-state index in [0.29, 0.717) is 6.04 Å². The molecule has 2 aliphatic rings. The number of nitrogens with zero attached hydrogens (tertiary/aromatic N) is 4. The number of aromatic nitrogens is 4. The molecular weight excluding hydrogens is 316 g/mol. The number of rotatable bonds is 9. The van der Waals surface area contributed by atoms with E-state index in [-0.39, 0.29) is 6.10 Å². The molecule has 0 amide bonds. The predicted molar refractivity (Wildman–Crippen MR) is 95.5 cm³/mol. The van der Waals surface area contributed by atoms with Gasteiger partial charge in [0, 0.05) is 13.0 Å². The normalized spacial score (nSPS) is 28.1. The Morgan fingerprint density at radius 3 is 2.88 bits per heavy atom. The van der Waals surface area contributed by atoms with Crippen LogP contribution in [0, 0.1) is 0 Å². The maximum Gasteiger partial charge on any atom is 0.209 e. The summed E-state index contributed by atoms with van der Waals surface area (Å²) >= 11 is 0. The Labute approximate surface area is 151 Å². The third-order valence-corrected chi connectivity index (χ3v) is 5.64. The number of nitrogens with one attached hydrogen (secondary N) is 2. The van der Waals surface area contributed by atoms with Crippen molar-refractivity contribution in [3.05, 3.63) is 18.5 Å². The molecule has 1 aromatic rings.